The van der Waals surface area contributed by atoms with Crippen LogP contribution in [0.3, 0.4) is 0 Å². The molecular weight excluding hydrogens is 212 g/mol. The van der Waals surface area contributed by atoms with Gasteiger partial charge in [-0.3, -0.25) is 0 Å². The number of ether oxygens (including phenoxy) is 2. The van der Waals surface area contributed by atoms with Crippen molar-refractivity contribution in [2.24, 2.45) is 0 Å². The first kappa shape index (κ1) is 12.1. The first-order valence-electron chi connectivity index (χ1n) is 5.78. The van der Waals surface area contributed by atoms with Crippen molar-refractivity contribution < 1.29 is 9.47 Å². The average molecular weight is 230 g/mol. The average Bonchev–Trinajstić information content (AvgIpc) is 2.81. The van der Waals surface area contributed by atoms with Gasteiger partial charge in [-0.05, 0) is 43.2 Å². The molecule has 2 nitrogen and oxygen atoms in total. The van der Waals surface area contributed by atoms with E-state index in [0.717, 1.165) is 27.8 Å². The summed E-state index contributed by atoms with van der Waals surface area (Å²) >= 11 is 0. The fraction of sp³-hybridized carbons (Fsp3) is 0.333. The summed E-state index contributed by atoms with van der Waals surface area (Å²) < 4.78 is 11.1. The number of hydrogen-bond acceptors (Lipinski definition) is 2. The van der Waals surface area contributed by atoms with Crippen molar-refractivity contribution in [1.82, 2.24) is 0 Å². The van der Waals surface area contributed by atoms with E-state index in [0.29, 0.717) is 13.2 Å². The molecule has 1 heterocycles. The van der Waals surface area contributed by atoms with Crippen molar-refractivity contribution in [3.63, 3.8) is 0 Å². The molecule has 1 saturated heterocycles. The van der Waals surface area contributed by atoms with Crippen molar-refractivity contribution in [3.8, 4) is 0 Å². The molecule has 2 heteroatoms. The van der Waals surface area contributed by atoms with Crippen molar-refractivity contribution in [2.75, 3.05) is 13.2 Å². The molecule has 0 amide bonds. The molecule has 1 aromatic rings. The van der Waals surface area contributed by atoms with Gasteiger partial charge in [-0.15, -0.1) is 0 Å². The maximum atomic E-state index is 5.53. The zero-order valence-electron chi connectivity index (χ0n) is 10.5. The minimum Gasteiger partial charge on any atom is -0.346 e. The van der Waals surface area contributed by atoms with E-state index in [1.165, 1.54) is 0 Å². The Morgan fingerprint density at radius 1 is 1.00 bits per heavy atom. The maximum Gasteiger partial charge on any atom is 0.184 e. The molecule has 90 valence electrons. The fourth-order valence-electron chi connectivity index (χ4n) is 1.83. The monoisotopic (exact) mass is 230 g/mol. The molecule has 0 spiro atoms. The lowest BCUT2D eigenvalue weighted by atomic mass is 9.98. The van der Waals surface area contributed by atoms with Gasteiger partial charge in [-0.1, -0.05) is 24.3 Å². The predicted molar refractivity (Wildman–Crippen MR) is 70.5 cm³/mol. The van der Waals surface area contributed by atoms with Crippen LogP contribution in [0, 0.1) is 0 Å². The van der Waals surface area contributed by atoms with Crippen molar-refractivity contribution >= 4 is 11.1 Å². The van der Waals surface area contributed by atoms with Gasteiger partial charge in [0.1, 0.15) is 0 Å². The molecule has 1 aliphatic rings. The van der Waals surface area contributed by atoms with Crippen LogP contribution in [-0.4, -0.2) is 13.2 Å². The zero-order chi connectivity index (χ0) is 12.4. The van der Waals surface area contributed by atoms with Gasteiger partial charge in [0.2, 0.25) is 0 Å². The summed E-state index contributed by atoms with van der Waals surface area (Å²) in [5.74, 6) is 0. The smallest absolute Gasteiger partial charge is 0.184 e. The SMILES string of the molecule is C=C(C)c1cc(C(=C)C)cc(C2OCCO2)c1. The Balaban J connectivity index is 2.43. The summed E-state index contributed by atoms with van der Waals surface area (Å²) in [6, 6.07) is 6.25. The van der Waals surface area contributed by atoms with Gasteiger partial charge in [0.25, 0.3) is 0 Å². The Morgan fingerprint density at radius 2 is 1.47 bits per heavy atom. The molecule has 1 fully saturated rings. The molecule has 0 N–H and O–H groups in total. The lowest BCUT2D eigenvalue weighted by Gasteiger charge is -2.14. The number of benzene rings is 1. The van der Waals surface area contributed by atoms with Crippen LogP contribution in [-0.2, 0) is 9.47 Å². The van der Waals surface area contributed by atoms with E-state index in [1.54, 1.807) is 0 Å². The highest BCUT2D eigenvalue weighted by atomic mass is 16.7. The minimum absolute atomic E-state index is 0.243. The van der Waals surface area contributed by atoms with Gasteiger partial charge in [0.15, 0.2) is 6.29 Å². The van der Waals surface area contributed by atoms with Crippen LogP contribution >= 0.6 is 0 Å². The number of rotatable bonds is 3. The van der Waals surface area contributed by atoms with Crippen molar-refractivity contribution in [1.29, 1.82) is 0 Å². The first-order chi connectivity index (χ1) is 8.08. The third-order valence-electron chi connectivity index (χ3n) is 2.83. The molecule has 0 saturated carbocycles. The fourth-order valence-corrected chi connectivity index (χ4v) is 1.83. The largest absolute Gasteiger partial charge is 0.346 e. The molecule has 0 radical (unpaired) electrons. The van der Waals surface area contributed by atoms with E-state index in [1.807, 2.05) is 13.8 Å². The van der Waals surface area contributed by atoms with Gasteiger partial charge in [0, 0.05) is 5.56 Å². The number of hydrogen-bond donors (Lipinski definition) is 0. The molecule has 0 bridgehead atoms. The van der Waals surface area contributed by atoms with Crippen LogP contribution in [0.1, 0.15) is 36.8 Å². The van der Waals surface area contributed by atoms with Gasteiger partial charge < -0.3 is 9.47 Å². The van der Waals surface area contributed by atoms with Crippen LogP contribution in [0.5, 0.6) is 0 Å². The lowest BCUT2D eigenvalue weighted by molar-refractivity contribution is -0.0441. The summed E-state index contributed by atoms with van der Waals surface area (Å²) in [5.41, 5.74) is 5.33. The highest BCUT2D eigenvalue weighted by Gasteiger charge is 2.19. The summed E-state index contributed by atoms with van der Waals surface area (Å²) in [6.45, 7) is 13.3. The van der Waals surface area contributed by atoms with E-state index in [-0.39, 0.29) is 6.29 Å². The third kappa shape index (κ3) is 2.65. The van der Waals surface area contributed by atoms with E-state index in [4.69, 9.17) is 9.47 Å². The van der Waals surface area contributed by atoms with Crippen LogP contribution in [0.25, 0.3) is 11.1 Å². The van der Waals surface area contributed by atoms with Crippen LogP contribution < -0.4 is 0 Å². The Morgan fingerprint density at radius 3 is 1.88 bits per heavy atom. The quantitative estimate of drug-likeness (QED) is 0.786. The molecule has 0 aromatic heterocycles. The Bertz CT molecular complexity index is 422. The first-order valence-corrected chi connectivity index (χ1v) is 5.78. The Kier molecular flexibility index (Phi) is 3.46. The third-order valence-corrected chi connectivity index (χ3v) is 2.83. The molecule has 0 unspecified atom stereocenters. The predicted octanol–water partition coefficient (Wildman–Crippen LogP) is 3.80. The lowest BCUT2D eigenvalue weighted by Crippen LogP contribution is -2.00. The molecule has 1 aliphatic heterocycles. The Labute approximate surface area is 103 Å². The number of allylic oxidation sites excluding steroid dienone is 2. The van der Waals surface area contributed by atoms with Gasteiger partial charge in [-0.25, -0.2) is 0 Å². The van der Waals surface area contributed by atoms with E-state index >= 15 is 0 Å². The highest BCUT2D eigenvalue weighted by Crippen LogP contribution is 2.29. The van der Waals surface area contributed by atoms with E-state index < -0.39 is 0 Å². The summed E-state index contributed by atoms with van der Waals surface area (Å²) in [4.78, 5) is 0. The zero-order valence-corrected chi connectivity index (χ0v) is 10.5. The van der Waals surface area contributed by atoms with E-state index in [9.17, 15) is 0 Å². The molecule has 0 aliphatic carbocycles. The van der Waals surface area contributed by atoms with Gasteiger partial charge in [0.05, 0.1) is 13.2 Å². The Hall–Kier alpha value is -1.38. The second-order valence-electron chi connectivity index (χ2n) is 4.48. The van der Waals surface area contributed by atoms with Crippen LogP contribution in [0.15, 0.2) is 31.4 Å². The van der Waals surface area contributed by atoms with E-state index in [2.05, 4.69) is 31.4 Å². The van der Waals surface area contributed by atoms with Gasteiger partial charge in [-0.2, -0.15) is 0 Å². The minimum atomic E-state index is -0.243. The second-order valence-corrected chi connectivity index (χ2v) is 4.48. The summed E-state index contributed by atoms with van der Waals surface area (Å²) in [6.07, 6.45) is -0.243. The molecule has 2 rings (SSSR count). The standard InChI is InChI=1S/C15H18O2/c1-10(2)12-7-13(11(3)4)9-14(8-12)15-16-5-6-17-15/h7-9,15H,1,3,5-6H2,2,4H3. The topological polar surface area (TPSA) is 18.5 Å². The molecular formula is C15H18O2. The van der Waals surface area contributed by atoms with Crippen molar-refractivity contribution in [3.05, 3.63) is 48.0 Å². The van der Waals surface area contributed by atoms with Crippen LogP contribution in [0.4, 0.5) is 0 Å². The maximum absolute atomic E-state index is 5.53. The second kappa shape index (κ2) is 4.86. The van der Waals surface area contributed by atoms with Crippen molar-refractivity contribution in [2.45, 2.75) is 20.1 Å². The van der Waals surface area contributed by atoms with Gasteiger partial charge >= 0.3 is 0 Å². The summed E-state index contributed by atoms with van der Waals surface area (Å²) in [7, 11) is 0. The van der Waals surface area contributed by atoms with Crippen LogP contribution in [0.2, 0.25) is 0 Å². The summed E-state index contributed by atoms with van der Waals surface area (Å²) in [5, 5.41) is 0. The highest BCUT2D eigenvalue weighted by molar-refractivity contribution is 5.70. The molecule has 0 atom stereocenters. The molecule has 17 heavy (non-hydrogen) atoms. The molecule has 1 aromatic carbocycles. The normalized spacial score (nSPS) is 16.1.